The summed E-state index contributed by atoms with van der Waals surface area (Å²) in [5.74, 6) is 2.66. The summed E-state index contributed by atoms with van der Waals surface area (Å²) in [6, 6.07) is 0. The van der Waals surface area contributed by atoms with Crippen LogP contribution >= 0.6 is 17.1 Å². The lowest BCUT2D eigenvalue weighted by Crippen LogP contribution is -2.10. The SMILES string of the molecule is C#CC1CCOP(=S)(OC)S1. The molecule has 2 atom stereocenters. The van der Waals surface area contributed by atoms with Gasteiger partial charge in [0.15, 0.2) is 0 Å². The van der Waals surface area contributed by atoms with Crippen molar-refractivity contribution in [2.45, 2.75) is 11.7 Å². The molecule has 0 aromatic rings. The molecule has 2 nitrogen and oxygen atoms in total. The normalized spacial score (nSPS) is 38.0. The first-order chi connectivity index (χ1) is 5.20. The van der Waals surface area contributed by atoms with Crippen LogP contribution in [0.5, 0.6) is 0 Å². The Labute approximate surface area is 75.9 Å². The largest absolute Gasteiger partial charge is 0.325 e. The van der Waals surface area contributed by atoms with Crippen molar-refractivity contribution in [2.24, 2.45) is 0 Å². The molecule has 1 aliphatic rings. The fourth-order valence-corrected chi connectivity index (χ4v) is 5.13. The Morgan fingerprint density at radius 3 is 3.18 bits per heavy atom. The van der Waals surface area contributed by atoms with Crippen LogP contribution in [0.2, 0.25) is 0 Å². The summed E-state index contributed by atoms with van der Waals surface area (Å²) in [6.07, 6.45) is 6.15. The second-order valence-corrected chi connectivity index (χ2v) is 8.52. The van der Waals surface area contributed by atoms with Gasteiger partial charge in [-0.3, -0.25) is 0 Å². The molecule has 62 valence electrons. The lowest BCUT2D eigenvalue weighted by Gasteiger charge is -2.27. The van der Waals surface area contributed by atoms with E-state index in [9.17, 15) is 0 Å². The van der Waals surface area contributed by atoms with Crippen LogP contribution in [0.3, 0.4) is 0 Å². The van der Waals surface area contributed by atoms with Crippen molar-refractivity contribution >= 4 is 28.9 Å². The Bertz CT molecular complexity index is 223. The predicted molar refractivity (Wildman–Crippen MR) is 52.1 cm³/mol. The highest BCUT2D eigenvalue weighted by atomic mass is 32.9. The van der Waals surface area contributed by atoms with Crippen molar-refractivity contribution < 1.29 is 9.05 Å². The van der Waals surface area contributed by atoms with E-state index in [2.05, 4.69) is 5.92 Å². The van der Waals surface area contributed by atoms with Crippen LogP contribution in [0, 0.1) is 12.3 Å². The maximum atomic E-state index is 5.32. The summed E-state index contributed by atoms with van der Waals surface area (Å²) in [5.41, 5.74) is -2.06. The molecule has 0 N–H and O–H groups in total. The number of hydrogen-bond donors (Lipinski definition) is 0. The molecule has 11 heavy (non-hydrogen) atoms. The third-order valence-electron chi connectivity index (χ3n) is 1.30. The van der Waals surface area contributed by atoms with E-state index >= 15 is 0 Å². The van der Waals surface area contributed by atoms with E-state index in [0.29, 0.717) is 6.61 Å². The fraction of sp³-hybridized carbons (Fsp3) is 0.667. The predicted octanol–water partition coefficient (Wildman–Crippen LogP) is 2.01. The van der Waals surface area contributed by atoms with Crippen LogP contribution in [-0.4, -0.2) is 19.0 Å². The van der Waals surface area contributed by atoms with Gasteiger partial charge in [-0.2, -0.15) is 0 Å². The fourth-order valence-electron chi connectivity index (χ4n) is 0.720. The molecule has 1 heterocycles. The van der Waals surface area contributed by atoms with Crippen molar-refractivity contribution in [3.63, 3.8) is 0 Å². The summed E-state index contributed by atoms with van der Waals surface area (Å²) < 4.78 is 10.4. The van der Waals surface area contributed by atoms with Crippen LogP contribution in [0.1, 0.15) is 6.42 Å². The van der Waals surface area contributed by atoms with Gasteiger partial charge in [0.1, 0.15) is 0 Å². The molecule has 5 heteroatoms. The van der Waals surface area contributed by atoms with Gasteiger partial charge in [0.05, 0.1) is 11.9 Å². The summed E-state index contributed by atoms with van der Waals surface area (Å²) in [4.78, 5) is 0. The smallest absolute Gasteiger partial charge is 0.248 e. The van der Waals surface area contributed by atoms with Gasteiger partial charge in [-0.05, 0) is 18.2 Å². The van der Waals surface area contributed by atoms with Gasteiger partial charge < -0.3 is 9.05 Å². The third-order valence-corrected chi connectivity index (χ3v) is 6.97. The van der Waals surface area contributed by atoms with Crippen molar-refractivity contribution in [2.75, 3.05) is 13.7 Å². The number of rotatable bonds is 1. The molecule has 0 bridgehead atoms. The van der Waals surface area contributed by atoms with Gasteiger partial charge in [0, 0.05) is 7.11 Å². The molecule has 0 aromatic heterocycles. The lowest BCUT2D eigenvalue weighted by atomic mass is 10.3. The molecular weight excluding hydrogens is 199 g/mol. The molecule has 0 aliphatic carbocycles. The second kappa shape index (κ2) is 3.93. The Hall–Kier alpha value is 0.480. The molecule has 1 saturated heterocycles. The third kappa shape index (κ3) is 2.47. The van der Waals surface area contributed by atoms with Crippen molar-refractivity contribution in [3.8, 4) is 12.3 Å². The summed E-state index contributed by atoms with van der Waals surface area (Å²) in [6.45, 7) is 0.632. The molecule has 0 spiro atoms. The summed E-state index contributed by atoms with van der Waals surface area (Å²) in [5, 5.41) is 0.175. The highest BCUT2D eigenvalue weighted by Gasteiger charge is 2.28. The van der Waals surface area contributed by atoms with Gasteiger partial charge >= 0.3 is 0 Å². The minimum atomic E-state index is -2.06. The first-order valence-electron chi connectivity index (χ1n) is 3.15. The highest BCUT2D eigenvalue weighted by molar-refractivity contribution is 8.68. The van der Waals surface area contributed by atoms with Gasteiger partial charge in [-0.25, -0.2) is 0 Å². The van der Waals surface area contributed by atoms with Crippen molar-refractivity contribution in [1.82, 2.24) is 0 Å². The van der Waals surface area contributed by atoms with Crippen molar-refractivity contribution in [3.05, 3.63) is 0 Å². The standard InChI is InChI=1S/C6H9O2PS2/c1-3-6-4-5-8-9(10,7-2)11-6/h1,6H,4-5H2,2H3. The van der Waals surface area contributed by atoms with Crippen molar-refractivity contribution in [1.29, 1.82) is 0 Å². The van der Waals surface area contributed by atoms with Gasteiger partial charge in [0.2, 0.25) is 5.69 Å². The van der Waals surface area contributed by atoms with Crippen LogP contribution in [0.4, 0.5) is 0 Å². The summed E-state index contributed by atoms with van der Waals surface area (Å²) >= 11 is 6.61. The van der Waals surface area contributed by atoms with Crippen LogP contribution in [0.25, 0.3) is 0 Å². The van der Waals surface area contributed by atoms with Gasteiger partial charge in [0.25, 0.3) is 0 Å². The van der Waals surface area contributed by atoms with E-state index < -0.39 is 5.69 Å². The molecule has 0 radical (unpaired) electrons. The second-order valence-electron chi connectivity index (χ2n) is 2.01. The molecule has 1 rings (SSSR count). The van der Waals surface area contributed by atoms with E-state index in [1.807, 2.05) is 0 Å². The zero-order chi connectivity index (χ0) is 8.32. The van der Waals surface area contributed by atoms with E-state index in [1.54, 1.807) is 7.11 Å². The summed E-state index contributed by atoms with van der Waals surface area (Å²) in [7, 11) is 1.58. The average molecular weight is 208 g/mol. The first-order valence-corrected chi connectivity index (χ1v) is 7.27. The maximum Gasteiger partial charge on any atom is 0.248 e. The number of terminal acetylenes is 1. The van der Waals surface area contributed by atoms with E-state index in [-0.39, 0.29) is 5.25 Å². The Balaban J connectivity index is 2.61. The molecule has 0 saturated carbocycles. The Morgan fingerprint density at radius 1 is 1.91 bits per heavy atom. The zero-order valence-electron chi connectivity index (χ0n) is 6.15. The molecular formula is C6H9O2PS2. The lowest BCUT2D eigenvalue weighted by molar-refractivity contribution is 0.287. The van der Waals surface area contributed by atoms with Crippen LogP contribution in [0.15, 0.2) is 0 Å². The molecule has 1 fully saturated rings. The van der Waals surface area contributed by atoms with Gasteiger partial charge in [-0.1, -0.05) is 17.3 Å². The molecule has 0 aromatic carbocycles. The maximum absolute atomic E-state index is 5.32. The quantitative estimate of drug-likeness (QED) is 0.484. The van der Waals surface area contributed by atoms with E-state index in [4.69, 9.17) is 27.3 Å². The minimum absolute atomic E-state index is 0.175. The topological polar surface area (TPSA) is 18.5 Å². The number of hydrogen-bond acceptors (Lipinski definition) is 4. The Morgan fingerprint density at radius 2 is 2.64 bits per heavy atom. The minimum Gasteiger partial charge on any atom is -0.325 e. The van der Waals surface area contributed by atoms with E-state index in [1.165, 1.54) is 11.4 Å². The Kier molecular flexibility index (Phi) is 3.42. The van der Waals surface area contributed by atoms with Crippen LogP contribution < -0.4 is 0 Å². The molecule has 0 amide bonds. The molecule has 1 aliphatic heterocycles. The zero-order valence-corrected chi connectivity index (χ0v) is 8.68. The van der Waals surface area contributed by atoms with Gasteiger partial charge in [-0.15, -0.1) is 6.42 Å². The van der Waals surface area contributed by atoms with Crippen LogP contribution in [-0.2, 0) is 20.9 Å². The highest BCUT2D eigenvalue weighted by Crippen LogP contribution is 2.64. The monoisotopic (exact) mass is 208 g/mol. The van der Waals surface area contributed by atoms with E-state index in [0.717, 1.165) is 6.42 Å². The average Bonchev–Trinajstić information content (AvgIpc) is 2.05. The molecule has 2 unspecified atom stereocenters. The first kappa shape index (κ1) is 9.57.